The highest BCUT2D eigenvalue weighted by atomic mass is 32.2. The molecule has 0 atom stereocenters. The molecule has 0 saturated heterocycles. The molecule has 6 aromatic rings. The number of hydrogen-bond donors (Lipinski definition) is 0. The van der Waals surface area contributed by atoms with Crippen LogP contribution < -0.4 is 28.9 Å². The van der Waals surface area contributed by atoms with E-state index in [-0.39, 0.29) is 21.7 Å². The van der Waals surface area contributed by atoms with Crippen molar-refractivity contribution in [3.05, 3.63) is 118 Å². The van der Waals surface area contributed by atoms with Crippen molar-refractivity contribution < 1.29 is 35.1 Å². The predicted molar refractivity (Wildman–Crippen MR) is 237 cm³/mol. The number of hydrogen-bond acceptors (Lipinski definition) is 10. The molecule has 2 heterocycles. The number of ether oxygens (including phenoxy) is 2. The Kier molecular flexibility index (Phi) is 13.1. The summed E-state index contributed by atoms with van der Waals surface area (Å²) in [5.41, 5.74) is 3.76. The SMILES string of the molecule is CN(c1ccc2c(=O)c(-c3ccc(OCC(C)(C)C)cc3)coc2c1)S(C)(=O)=O.CN(c1ccc2c(=O)c(-c3ccc(OCCC(C)(C)C)cc3)coc2c1)S(C)(=O)=O. The lowest BCUT2D eigenvalue weighted by atomic mass is 9.93. The maximum atomic E-state index is 13.0. The fourth-order valence-electron chi connectivity index (χ4n) is 5.64. The van der Waals surface area contributed by atoms with Gasteiger partial charge in [-0.25, -0.2) is 16.8 Å². The molecule has 0 aliphatic heterocycles. The Morgan fingerprint density at radius 2 is 0.949 bits per heavy atom. The van der Waals surface area contributed by atoms with Crippen molar-refractivity contribution in [2.24, 2.45) is 10.8 Å². The standard InChI is InChI=1S/C23H27NO5S.C22H25NO5S/c1-23(2,3)12-13-28-18-9-6-16(7-10-18)20-15-29-21-14-17(24(4)30(5,26)27)8-11-19(21)22(20)25;1-22(2,3)14-28-17-9-6-15(7-10-17)19-13-27-20-12-16(23(4)29(5,25)26)8-11-18(20)21(19)24/h6-11,14-15H,12-13H2,1-5H3;6-13H,14H2,1-5H3. The van der Waals surface area contributed by atoms with Gasteiger partial charge in [0.2, 0.25) is 20.0 Å². The molecule has 59 heavy (non-hydrogen) atoms. The first-order valence-corrected chi connectivity index (χ1v) is 22.6. The van der Waals surface area contributed by atoms with E-state index in [1.807, 2.05) is 48.5 Å². The summed E-state index contributed by atoms with van der Waals surface area (Å²) in [6.45, 7) is 14.0. The Bertz CT molecular complexity index is 2780. The predicted octanol–water partition coefficient (Wildman–Crippen LogP) is 8.95. The minimum atomic E-state index is -3.40. The average molecular weight is 845 g/mol. The smallest absolute Gasteiger partial charge is 0.231 e. The summed E-state index contributed by atoms with van der Waals surface area (Å²) in [4.78, 5) is 25.9. The topological polar surface area (TPSA) is 154 Å². The van der Waals surface area contributed by atoms with E-state index >= 15 is 0 Å². The van der Waals surface area contributed by atoms with Crippen LogP contribution >= 0.6 is 0 Å². The molecule has 12 nitrogen and oxygen atoms in total. The minimum absolute atomic E-state index is 0.0577. The molecule has 0 amide bonds. The van der Waals surface area contributed by atoms with E-state index in [9.17, 15) is 26.4 Å². The van der Waals surface area contributed by atoms with E-state index in [1.165, 1.54) is 26.6 Å². The van der Waals surface area contributed by atoms with Gasteiger partial charge in [0.05, 0.1) is 59.0 Å². The van der Waals surface area contributed by atoms with Crippen LogP contribution in [0.5, 0.6) is 11.5 Å². The highest BCUT2D eigenvalue weighted by Crippen LogP contribution is 2.28. The zero-order chi connectivity index (χ0) is 43.5. The molecular formula is C45H52N2O10S2. The molecule has 2 aromatic heterocycles. The van der Waals surface area contributed by atoms with E-state index < -0.39 is 20.0 Å². The fraction of sp³-hybridized carbons (Fsp3) is 0.333. The molecule has 0 unspecified atom stereocenters. The van der Waals surface area contributed by atoms with Gasteiger partial charge in [0.1, 0.15) is 35.2 Å². The van der Waals surface area contributed by atoms with Gasteiger partial charge in [-0.2, -0.15) is 0 Å². The van der Waals surface area contributed by atoms with Gasteiger partial charge in [-0.1, -0.05) is 65.8 Å². The monoisotopic (exact) mass is 844 g/mol. The second-order valence-corrected chi connectivity index (χ2v) is 20.9. The molecule has 0 bridgehead atoms. The van der Waals surface area contributed by atoms with Crippen LogP contribution in [0.25, 0.3) is 44.2 Å². The lowest BCUT2D eigenvalue weighted by Gasteiger charge is -2.18. The second kappa shape index (κ2) is 17.3. The minimum Gasteiger partial charge on any atom is -0.494 e. The Labute approximate surface area is 346 Å². The first-order valence-electron chi connectivity index (χ1n) is 18.9. The molecule has 0 N–H and O–H groups in total. The molecule has 14 heteroatoms. The van der Waals surface area contributed by atoms with Gasteiger partial charge in [-0.3, -0.25) is 18.2 Å². The Morgan fingerprint density at radius 3 is 1.31 bits per heavy atom. The van der Waals surface area contributed by atoms with Crippen molar-refractivity contribution in [3.63, 3.8) is 0 Å². The summed E-state index contributed by atoms with van der Waals surface area (Å²) in [6.07, 6.45) is 5.99. The van der Waals surface area contributed by atoms with Crippen LogP contribution in [0.3, 0.4) is 0 Å². The van der Waals surface area contributed by atoms with Crippen LogP contribution in [0.2, 0.25) is 0 Å². The quantitative estimate of drug-likeness (QED) is 0.124. The molecule has 0 aliphatic carbocycles. The number of fused-ring (bicyclic) bond motifs is 2. The van der Waals surface area contributed by atoms with Crippen molar-refractivity contribution in [1.82, 2.24) is 0 Å². The lowest BCUT2D eigenvalue weighted by molar-refractivity contribution is 0.198. The second-order valence-electron chi connectivity index (χ2n) is 16.8. The van der Waals surface area contributed by atoms with Gasteiger partial charge in [0.25, 0.3) is 0 Å². The van der Waals surface area contributed by atoms with Crippen LogP contribution in [0.1, 0.15) is 48.0 Å². The van der Waals surface area contributed by atoms with Crippen molar-refractivity contribution >= 4 is 53.4 Å². The number of rotatable bonds is 11. The van der Waals surface area contributed by atoms with E-state index in [4.69, 9.17) is 18.3 Å². The van der Waals surface area contributed by atoms with Crippen LogP contribution in [-0.2, 0) is 20.0 Å². The Balaban J connectivity index is 0.000000224. The normalized spacial score (nSPS) is 12.2. The highest BCUT2D eigenvalue weighted by Gasteiger charge is 2.18. The molecule has 0 radical (unpaired) electrons. The molecule has 4 aromatic carbocycles. The third-order valence-corrected chi connectivity index (χ3v) is 11.8. The molecule has 0 spiro atoms. The van der Waals surface area contributed by atoms with Gasteiger partial charge in [-0.15, -0.1) is 0 Å². The Morgan fingerprint density at radius 1 is 0.559 bits per heavy atom. The zero-order valence-electron chi connectivity index (χ0n) is 35.2. The number of benzene rings is 4. The largest absolute Gasteiger partial charge is 0.494 e. The van der Waals surface area contributed by atoms with Gasteiger partial charge in [-0.05, 0) is 76.9 Å². The number of anilines is 2. The Hall–Kier alpha value is -5.60. The number of nitrogens with zero attached hydrogens (tertiary/aromatic N) is 2. The van der Waals surface area contributed by atoms with Crippen molar-refractivity contribution in [3.8, 4) is 33.8 Å². The third kappa shape index (κ3) is 11.5. The maximum absolute atomic E-state index is 13.0. The maximum Gasteiger partial charge on any atom is 0.231 e. The first-order chi connectivity index (χ1) is 27.4. The molecule has 314 valence electrons. The van der Waals surface area contributed by atoms with Gasteiger partial charge in [0, 0.05) is 26.2 Å². The van der Waals surface area contributed by atoms with E-state index in [0.29, 0.717) is 57.7 Å². The molecule has 0 fully saturated rings. The summed E-state index contributed by atoms with van der Waals surface area (Å²) >= 11 is 0. The highest BCUT2D eigenvalue weighted by molar-refractivity contribution is 7.92. The van der Waals surface area contributed by atoms with E-state index in [0.717, 1.165) is 50.2 Å². The number of sulfonamides is 2. The van der Waals surface area contributed by atoms with E-state index in [1.54, 1.807) is 36.4 Å². The molecular weight excluding hydrogens is 793 g/mol. The van der Waals surface area contributed by atoms with Crippen LogP contribution in [-0.4, -0.2) is 56.7 Å². The van der Waals surface area contributed by atoms with Crippen LogP contribution in [0.15, 0.2) is 116 Å². The van der Waals surface area contributed by atoms with Gasteiger partial charge >= 0.3 is 0 Å². The summed E-state index contributed by atoms with van der Waals surface area (Å²) in [5.74, 6) is 1.49. The van der Waals surface area contributed by atoms with Gasteiger partial charge in [0.15, 0.2) is 10.9 Å². The molecule has 0 aliphatic rings. The van der Waals surface area contributed by atoms with Crippen molar-refractivity contribution in [2.45, 2.75) is 48.0 Å². The fourth-order valence-corrected chi connectivity index (χ4v) is 6.64. The average Bonchev–Trinajstić information content (AvgIpc) is 3.16. The molecule has 6 rings (SSSR count). The van der Waals surface area contributed by atoms with E-state index in [2.05, 4.69) is 41.5 Å². The first kappa shape index (κ1) is 44.5. The summed E-state index contributed by atoms with van der Waals surface area (Å²) < 4.78 is 72.1. The summed E-state index contributed by atoms with van der Waals surface area (Å²) in [5, 5.41) is 0.782. The zero-order valence-corrected chi connectivity index (χ0v) is 36.8. The van der Waals surface area contributed by atoms with Crippen molar-refractivity contribution in [1.29, 1.82) is 0 Å². The van der Waals surface area contributed by atoms with Crippen LogP contribution in [0, 0.1) is 10.8 Å². The van der Waals surface area contributed by atoms with Crippen LogP contribution in [0.4, 0.5) is 11.4 Å². The summed E-state index contributed by atoms with van der Waals surface area (Å²) in [7, 11) is -3.90. The summed E-state index contributed by atoms with van der Waals surface area (Å²) in [6, 6.07) is 24.1. The van der Waals surface area contributed by atoms with Crippen molar-refractivity contribution in [2.75, 3.05) is 48.4 Å². The third-order valence-electron chi connectivity index (χ3n) is 9.36. The van der Waals surface area contributed by atoms with Gasteiger partial charge < -0.3 is 18.3 Å². The molecule has 0 saturated carbocycles. The lowest BCUT2D eigenvalue weighted by Crippen LogP contribution is -2.24.